The molecule has 0 radical (unpaired) electrons. The Morgan fingerprint density at radius 1 is 1.50 bits per heavy atom. The number of carboxylic acids is 1. The normalized spacial score (nSPS) is 15.7. The first-order valence-electron chi connectivity index (χ1n) is 5.61. The predicted molar refractivity (Wildman–Crippen MR) is 59.4 cm³/mol. The van der Waals surface area contributed by atoms with Gasteiger partial charge in [-0.15, -0.1) is 0 Å². The third kappa shape index (κ3) is 2.28. The highest BCUT2D eigenvalue weighted by atomic mass is 19.1. The van der Waals surface area contributed by atoms with Crippen molar-refractivity contribution in [2.45, 2.75) is 25.3 Å². The number of nitrogens with two attached hydrogens (primary N) is 1. The Labute approximate surface area is 102 Å². The molecule has 18 heavy (non-hydrogen) atoms. The van der Waals surface area contributed by atoms with E-state index in [1.807, 2.05) is 0 Å². The van der Waals surface area contributed by atoms with E-state index in [1.54, 1.807) is 0 Å². The van der Waals surface area contributed by atoms with E-state index in [4.69, 9.17) is 15.6 Å². The number of carboxylic acid groups (broad SMARTS) is 1. The van der Waals surface area contributed by atoms with Crippen molar-refractivity contribution in [3.05, 3.63) is 28.8 Å². The topological polar surface area (TPSA) is 72.6 Å². The van der Waals surface area contributed by atoms with E-state index in [0.717, 1.165) is 6.07 Å². The smallest absolute Gasteiger partial charge is 0.305 e. The number of carbonyl (C=O) groups is 1. The van der Waals surface area contributed by atoms with Crippen molar-refractivity contribution in [2.24, 2.45) is 5.73 Å². The van der Waals surface area contributed by atoms with Gasteiger partial charge in [0.1, 0.15) is 17.4 Å². The second-order valence-electron chi connectivity index (χ2n) is 4.22. The van der Waals surface area contributed by atoms with Crippen molar-refractivity contribution in [1.82, 2.24) is 0 Å². The van der Waals surface area contributed by atoms with Crippen molar-refractivity contribution in [1.29, 1.82) is 0 Å². The maximum atomic E-state index is 13.7. The molecule has 0 fully saturated rings. The summed E-state index contributed by atoms with van der Waals surface area (Å²) >= 11 is 0. The van der Waals surface area contributed by atoms with Crippen LogP contribution in [-0.4, -0.2) is 17.7 Å². The highest BCUT2D eigenvalue weighted by molar-refractivity contribution is 5.68. The van der Waals surface area contributed by atoms with E-state index in [9.17, 15) is 13.6 Å². The number of ether oxygens (including phenoxy) is 1. The first kappa shape index (κ1) is 12.8. The molecule has 1 heterocycles. The van der Waals surface area contributed by atoms with Crippen LogP contribution in [0.15, 0.2) is 6.07 Å². The zero-order chi connectivity index (χ0) is 13.3. The van der Waals surface area contributed by atoms with Gasteiger partial charge in [0.25, 0.3) is 0 Å². The van der Waals surface area contributed by atoms with E-state index in [2.05, 4.69) is 0 Å². The Hall–Kier alpha value is -1.69. The molecule has 1 atom stereocenters. The van der Waals surface area contributed by atoms with Crippen molar-refractivity contribution >= 4 is 5.97 Å². The minimum absolute atomic E-state index is 0.0477. The molecule has 1 aliphatic heterocycles. The third-order valence-electron chi connectivity index (χ3n) is 2.90. The quantitative estimate of drug-likeness (QED) is 0.865. The lowest BCUT2D eigenvalue weighted by molar-refractivity contribution is -0.137. The minimum atomic E-state index is -1.14. The molecule has 0 amide bonds. The number of fused-ring (bicyclic) bond motifs is 1. The van der Waals surface area contributed by atoms with Gasteiger partial charge in [-0.2, -0.15) is 0 Å². The molecule has 98 valence electrons. The van der Waals surface area contributed by atoms with Crippen LogP contribution in [0.5, 0.6) is 5.75 Å². The van der Waals surface area contributed by atoms with Crippen LogP contribution < -0.4 is 10.5 Å². The largest absolute Gasteiger partial charge is 0.493 e. The molecule has 0 saturated heterocycles. The first-order valence-corrected chi connectivity index (χ1v) is 5.61. The highest BCUT2D eigenvalue weighted by Crippen LogP contribution is 2.36. The average molecular weight is 257 g/mol. The molecule has 1 unspecified atom stereocenters. The molecular formula is C12H13F2NO3. The van der Waals surface area contributed by atoms with Crippen molar-refractivity contribution in [3.8, 4) is 5.75 Å². The van der Waals surface area contributed by atoms with Crippen LogP contribution in [0.1, 0.15) is 30.0 Å². The second kappa shape index (κ2) is 4.89. The van der Waals surface area contributed by atoms with E-state index in [-0.39, 0.29) is 16.9 Å². The SMILES string of the molecule is NC(CC(=O)O)c1c(F)cc(F)c2c1OCCC2. The molecule has 0 bridgehead atoms. The Bertz CT molecular complexity index is 491. The fourth-order valence-corrected chi connectivity index (χ4v) is 2.11. The van der Waals surface area contributed by atoms with E-state index >= 15 is 0 Å². The molecular weight excluding hydrogens is 244 g/mol. The summed E-state index contributed by atoms with van der Waals surface area (Å²) in [6, 6.07) is -0.306. The molecule has 0 aliphatic carbocycles. The molecule has 0 spiro atoms. The fourth-order valence-electron chi connectivity index (χ4n) is 2.11. The number of hydrogen-bond donors (Lipinski definition) is 2. The summed E-state index contributed by atoms with van der Waals surface area (Å²) in [6.45, 7) is 0.350. The summed E-state index contributed by atoms with van der Waals surface area (Å²) < 4.78 is 32.6. The summed E-state index contributed by atoms with van der Waals surface area (Å²) in [5.41, 5.74) is 5.88. The van der Waals surface area contributed by atoms with Crippen LogP contribution >= 0.6 is 0 Å². The van der Waals surface area contributed by atoms with Crippen molar-refractivity contribution in [3.63, 3.8) is 0 Å². The van der Waals surface area contributed by atoms with Gasteiger partial charge in [-0.25, -0.2) is 8.78 Å². The fraction of sp³-hybridized carbons (Fsp3) is 0.417. The number of benzene rings is 1. The maximum Gasteiger partial charge on any atom is 0.305 e. The molecule has 6 heteroatoms. The predicted octanol–water partition coefficient (Wildman–Crippen LogP) is 1.76. The summed E-state index contributed by atoms with van der Waals surface area (Å²) in [7, 11) is 0. The molecule has 1 aromatic rings. The minimum Gasteiger partial charge on any atom is -0.493 e. The van der Waals surface area contributed by atoms with Crippen LogP contribution in [-0.2, 0) is 11.2 Å². The van der Waals surface area contributed by atoms with Crippen molar-refractivity contribution in [2.75, 3.05) is 6.61 Å². The average Bonchev–Trinajstić information content (AvgIpc) is 2.28. The Balaban J connectivity index is 2.48. The van der Waals surface area contributed by atoms with Gasteiger partial charge in [0.2, 0.25) is 0 Å². The van der Waals surface area contributed by atoms with Gasteiger partial charge >= 0.3 is 5.97 Å². The zero-order valence-electron chi connectivity index (χ0n) is 9.58. The highest BCUT2D eigenvalue weighted by Gasteiger charge is 2.27. The summed E-state index contributed by atoms with van der Waals surface area (Å²) in [4.78, 5) is 10.6. The second-order valence-corrected chi connectivity index (χ2v) is 4.22. The monoisotopic (exact) mass is 257 g/mol. The van der Waals surface area contributed by atoms with Crippen molar-refractivity contribution < 1.29 is 23.4 Å². The lowest BCUT2D eigenvalue weighted by Gasteiger charge is -2.23. The van der Waals surface area contributed by atoms with E-state index in [1.165, 1.54) is 0 Å². The zero-order valence-corrected chi connectivity index (χ0v) is 9.58. The van der Waals surface area contributed by atoms with Crippen LogP contribution in [0.25, 0.3) is 0 Å². The van der Waals surface area contributed by atoms with Gasteiger partial charge in [-0.05, 0) is 12.8 Å². The maximum absolute atomic E-state index is 13.7. The number of aliphatic carboxylic acids is 1. The van der Waals surface area contributed by atoms with Crippen LogP contribution in [0, 0.1) is 11.6 Å². The number of hydrogen-bond acceptors (Lipinski definition) is 3. The van der Waals surface area contributed by atoms with Crippen LogP contribution in [0.3, 0.4) is 0 Å². The summed E-state index contributed by atoms with van der Waals surface area (Å²) in [6.07, 6.45) is 0.649. The Morgan fingerprint density at radius 3 is 2.89 bits per heavy atom. The molecule has 1 aromatic carbocycles. The van der Waals surface area contributed by atoms with Gasteiger partial charge in [-0.1, -0.05) is 0 Å². The van der Waals surface area contributed by atoms with Gasteiger partial charge in [0.15, 0.2) is 0 Å². The van der Waals surface area contributed by atoms with Gasteiger partial charge < -0.3 is 15.6 Å². The van der Waals surface area contributed by atoms with E-state index < -0.39 is 30.1 Å². The molecule has 1 aliphatic rings. The molecule has 0 saturated carbocycles. The number of rotatable bonds is 3. The first-order chi connectivity index (χ1) is 8.50. The Morgan fingerprint density at radius 2 is 2.22 bits per heavy atom. The van der Waals surface area contributed by atoms with Crippen LogP contribution in [0.2, 0.25) is 0 Å². The lowest BCUT2D eigenvalue weighted by atomic mass is 9.95. The summed E-state index contributed by atoms with van der Waals surface area (Å²) in [5.74, 6) is -2.60. The Kier molecular flexibility index (Phi) is 3.47. The molecule has 4 nitrogen and oxygen atoms in total. The number of halogens is 2. The van der Waals surface area contributed by atoms with Gasteiger partial charge in [0.05, 0.1) is 13.0 Å². The lowest BCUT2D eigenvalue weighted by Crippen LogP contribution is -2.21. The van der Waals surface area contributed by atoms with Crippen LogP contribution in [0.4, 0.5) is 8.78 Å². The molecule has 0 aromatic heterocycles. The standard InChI is InChI=1S/C12H13F2NO3/c13-7-4-8(14)11(9(15)5-10(16)17)12-6(7)2-1-3-18-12/h4,9H,1-3,5,15H2,(H,16,17). The van der Waals surface area contributed by atoms with Gasteiger partial charge in [-0.3, -0.25) is 4.79 Å². The van der Waals surface area contributed by atoms with E-state index in [0.29, 0.717) is 19.4 Å². The molecule has 3 N–H and O–H groups in total. The summed E-state index contributed by atoms with van der Waals surface area (Å²) in [5, 5.41) is 8.68. The molecule has 2 rings (SSSR count). The third-order valence-corrected chi connectivity index (χ3v) is 2.90. The van der Waals surface area contributed by atoms with Gasteiger partial charge in [0, 0.05) is 23.2 Å².